The quantitative estimate of drug-likeness (QED) is 0.186. The van der Waals surface area contributed by atoms with Crippen LogP contribution < -0.4 is 4.74 Å². The number of aromatic nitrogens is 2. The number of halogens is 2. The molecule has 1 N–H and O–H groups in total. The van der Waals surface area contributed by atoms with Crippen LogP contribution in [-0.4, -0.2) is 32.6 Å². The summed E-state index contributed by atoms with van der Waals surface area (Å²) in [6, 6.07) is 16.1. The number of ether oxygens (including phenoxy) is 1. The van der Waals surface area contributed by atoms with Gasteiger partial charge in [0.15, 0.2) is 0 Å². The molecule has 0 spiro atoms. The maximum Gasteiger partial charge on any atom is 0.303 e. The number of hydrogen-bond acceptors (Lipinski definition) is 3. The van der Waals surface area contributed by atoms with Crippen LogP contribution in [0.1, 0.15) is 50.7 Å². The van der Waals surface area contributed by atoms with Gasteiger partial charge in [-0.1, -0.05) is 66.2 Å². The van der Waals surface area contributed by atoms with Crippen LogP contribution in [0.5, 0.6) is 5.75 Å². The molecular weight excluding hydrogens is 507 g/mol. The van der Waals surface area contributed by atoms with E-state index < -0.39 is 5.97 Å². The number of carboxylic acids is 1. The van der Waals surface area contributed by atoms with E-state index in [-0.39, 0.29) is 12.5 Å². The van der Waals surface area contributed by atoms with Gasteiger partial charge in [0.05, 0.1) is 11.8 Å². The molecule has 37 heavy (non-hydrogen) atoms. The van der Waals surface area contributed by atoms with Gasteiger partial charge in [0.1, 0.15) is 11.6 Å². The summed E-state index contributed by atoms with van der Waals surface area (Å²) in [5.74, 6) is 1.11. The highest BCUT2D eigenvalue weighted by Gasteiger charge is 2.12. The van der Waals surface area contributed by atoms with Gasteiger partial charge in [0.2, 0.25) is 0 Å². The Hall–Kier alpha value is -3.28. The van der Waals surface area contributed by atoms with Crippen molar-refractivity contribution in [1.82, 2.24) is 9.55 Å². The first-order valence-electron chi connectivity index (χ1n) is 12.3. The van der Waals surface area contributed by atoms with Crippen molar-refractivity contribution >= 4 is 46.9 Å². The van der Waals surface area contributed by atoms with Crippen molar-refractivity contribution in [3.05, 3.63) is 89.0 Å². The van der Waals surface area contributed by atoms with Crippen LogP contribution in [0.15, 0.2) is 71.9 Å². The summed E-state index contributed by atoms with van der Waals surface area (Å²) < 4.78 is 7.90. The average Bonchev–Trinajstić information content (AvgIpc) is 3.30. The fraction of sp³-hybridized carbons (Fsp3) is 0.267. The van der Waals surface area contributed by atoms with E-state index in [4.69, 9.17) is 38.0 Å². The lowest BCUT2D eigenvalue weighted by molar-refractivity contribution is -0.137. The third-order valence-corrected chi connectivity index (χ3v) is 6.36. The molecule has 0 aliphatic rings. The fourth-order valence-electron chi connectivity index (χ4n) is 3.83. The van der Waals surface area contributed by atoms with Crippen LogP contribution in [0.3, 0.4) is 0 Å². The fourth-order valence-corrected chi connectivity index (χ4v) is 4.35. The summed E-state index contributed by atoms with van der Waals surface area (Å²) in [6.07, 6.45) is 10.2. The van der Waals surface area contributed by atoms with Crippen LogP contribution in [0, 0.1) is 0 Å². The molecule has 3 rings (SSSR count). The average molecular weight is 540 g/mol. The Morgan fingerprint density at radius 1 is 1.11 bits per heavy atom. The van der Waals surface area contributed by atoms with E-state index in [9.17, 15) is 4.79 Å². The predicted molar refractivity (Wildman–Crippen MR) is 154 cm³/mol. The van der Waals surface area contributed by atoms with Gasteiger partial charge < -0.3 is 14.4 Å². The Balaban J connectivity index is 1.69. The van der Waals surface area contributed by atoms with Gasteiger partial charge in [-0.15, -0.1) is 11.6 Å². The minimum atomic E-state index is -0.812. The second-order valence-electron chi connectivity index (χ2n) is 8.52. The number of allylic oxidation sites excluding steroid dienone is 4. The highest BCUT2D eigenvalue weighted by atomic mass is 35.5. The number of aliphatic carboxylic acids is 1. The molecule has 3 aromatic rings. The number of alkyl halides is 1. The maximum atomic E-state index is 10.7. The van der Waals surface area contributed by atoms with Crippen molar-refractivity contribution < 1.29 is 14.6 Å². The van der Waals surface area contributed by atoms with E-state index in [1.165, 1.54) is 0 Å². The minimum Gasteiger partial charge on any atom is -0.491 e. The first kappa shape index (κ1) is 28.3. The molecule has 1 aromatic heterocycles. The van der Waals surface area contributed by atoms with Crippen molar-refractivity contribution in [3.8, 4) is 16.9 Å². The maximum absolute atomic E-state index is 10.7. The number of nitrogens with zero attached hydrogens (tertiary/aromatic N) is 2. The standard InChI is InChI=1S/C30H32Cl2N2O3/c1-4-26(27(32)18-19-31)28-20-34(5-2)29(33-28)16-9-22-7-10-23(11-8-22)24-12-14-25(15-13-24)37-21(3)6-17-30(35)36/h4,7-16,18,20-21H,5-6,17,19H2,1-3H3,(H,35,36)/b16-9+,26-4+,27-18+. The van der Waals surface area contributed by atoms with Crippen LogP contribution >= 0.6 is 23.2 Å². The summed E-state index contributed by atoms with van der Waals surface area (Å²) in [5, 5.41) is 9.41. The van der Waals surface area contributed by atoms with Crippen molar-refractivity contribution in [2.24, 2.45) is 0 Å². The Kier molecular flexibility index (Phi) is 10.6. The number of hydrogen-bond donors (Lipinski definition) is 1. The van der Waals surface area contributed by atoms with Crippen molar-refractivity contribution in [2.45, 2.75) is 46.3 Å². The van der Waals surface area contributed by atoms with E-state index in [2.05, 4.69) is 35.8 Å². The van der Waals surface area contributed by atoms with Crippen LogP contribution in [0.2, 0.25) is 0 Å². The van der Waals surface area contributed by atoms with Gasteiger partial charge in [-0.3, -0.25) is 4.79 Å². The highest BCUT2D eigenvalue weighted by Crippen LogP contribution is 2.27. The molecule has 1 heterocycles. The number of benzene rings is 2. The van der Waals surface area contributed by atoms with Crippen molar-refractivity contribution in [2.75, 3.05) is 5.88 Å². The lowest BCUT2D eigenvalue weighted by Gasteiger charge is -2.14. The molecule has 0 saturated carbocycles. The molecule has 194 valence electrons. The number of aryl methyl sites for hydroxylation is 1. The number of rotatable bonds is 12. The zero-order chi connectivity index (χ0) is 26.8. The number of imidazole rings is 1. The monoisotopic (exact) mass is 538 g/mol. The molecule has 7 heteroatoms. The molecule has 1 atom stereocenters. The number of carbonyl (C=O) groups is 1. The molecular formula is C30H32Cl2N2O3. The second kappa shape index (κ2) is 13.9. The zero-order valence-electron chi connectivity index (χ0n) is 21.3. The Morgan fingerprint density at radius 2 is 1.76 bits per heavy atom. The Morgan fingerprint density at radius 3 is 2.32 bits per heavy atom. The van der Waals surface area contributed by atoms with E-state index in [1.807, 2.05) is 62.5 Å². The molecule has 0 aliphatic heterocycles. The van der Waals surface area contributed by atoms with Gasteiger partial charge in [-0.25, -0.2) is 4.98 Å². The van der Waals surface area contributed by atoms with E-state index in [0.717, 1.165) is 46.1 Å². The first-order chi connectivity index (χ1) is 17.8. The summed E-state index contributed by atoms with van der Waals surface area (Å²) >= 11 is 12.2. The van der Waals surface area contributed by atoms with Gasteiger partial charge in [0, 0.05) is 35.6 Å². The highest BCUT2D eigenvalue weighted by molar-refractivity contribution is 6.37. The molecule has 5 nitrogen and oxygen atoms in total. The van der Waals surface area contributed by atoms with Crippen LogP contribution in [-0.2, 0) is 11.3 Å². The summed E-state index contributed by atoms with van der Waals surface area (Å²) in [4.78, 5) is 15.5. The van der Waals surface area contributed by atoms with Gasteiger partial charge >= 0.3 is 5.97 Å². The summed E-state index contributed by atoms with van der Waals surface area (Å²) in [5.41, 5.74) is 4.91. The Bertz CT molecular complexity index is 1270. The Labute approximate surface area is 228 Å². The third kappa shape index (κ3) is 8.11. The summed E-state index contributed by atoms with van der Waals surface area (Å²) in [7, 11) is 0. The molecule has 0 amide bonds. The molecule has 0 bridgehead atoms. The molecule has 1 unspecified atom stereocenters. The van der Waals surface area contributed by atoms with Crippen LogP contribution in [0.4, 0.5) is 0 Å². The topological polar surface area (TPSA) is 64.3 Å². The largest absolute Gasteiger partial charge is 0.491 e. The van der Waals surface area contributed by atoms with Gasteiger partial charge in [0.25, 0.3) is 0 Å². The molecule has 0 radical (unpaired) electrons. The smallest absolute Gasteiger partial charge is 0.303 e. The van der Waals surface area contributed by atoms with E-state index in [0.29, 0.717) is 17.3 Å². The van der Waals surface area contributed by atoms with Crippen LogP contribution in [0.25, 0.3) is 28.9 Å². The first-order valence-corrected chi connectivity index (χ1v) is 13.2. The minimum absolute atomic E-state index is 0.0959. The SMILES string of the molecule is C/C=C(\C(Cl)=C/CCl)c1cn(CC)c(/C=C/c2ccc(-c3ccc(OC(C)CCC(=O)O)cc3)cc2)n1. The number of carboxylic acid groups (broad SMARTS) is 1. The molecule has 0 aliphatic carbocycles. The van der Waals surface area contributed by atoms with Gasteiger partial charge in [-0.2, -0.15) is 0 Å². The molecule has 0 fully saturated rings. The second-order valence-corrected chi connectivity index (χ2v) is 9.24. The van der Waals surface area contributed by atoms with Crippen molar-refractivity contribution in [1.29, 1.82) is 0 Å². The van der Waals surface area contributed by atoms with E-state index in [1.54, 1.807) is 6.08 Å². The molecule has 2 aromatic carbocycles. The lowest BCUT2D eigenvalue weighted by Crippen LogP contribution is -2.13. The normalized spacial score (nSPS) is 13.2. The summed E-state index contributed by atoms with van der Waals surface area (Å²) in [6.45, 7) is 6.68. The lowest BCUT2D eigenvalue weighted by atomic mass is 10.0. The predicted octanol–water partition coefficient (Wildman–Crippen LogP) is 8.14. The zero-order valence-corrected chi connectivity index (χ0v) is 22.8. The molecule has 0 saturated heterocycles. The van der Waals surface area contributed by atoms with Gasteiger partial charge in [-0.05, 0) is 62.1 Å². The third-order valence-electron chi connectivity index (χ3n) is 5.85. The van der Waals surface area contributed by atoms with Crippen molar-refractivity contribution in [3.63, 3.8) is 0 Å². The van der Waals surface area contributed by atoms with E-state index >= 15 is 0 Å².